The minimum atomic E-state index is -0.0382. The first kappa shape index (κ1) is 23.7. The van der Waals surface area contributed by atoms with E-state index in [2.05, 4.69) is 21.7 Å². The highest BCUT2D eigenvalue weighted by molar-refractivity contribution is 6.33. The van der Waals surface area contributed by atoms with Gasteiger partial charge in [0.15, 0.2) is 5.82 Å². The van der Waals surface area contributed by atoms with Crippen molar-refractivity contribution in [2.75, 3.05) is 44.2 Å². The number of hydrogen-bond donors (Lipinski definition) is 0. The quantitative estimate of drug-likeness (QED) is 0.570. The Morgan fingerprint density at radius 1 is 1.12 bits per heavy atom. The van der Waals surface area contributed by atoms with E-state index in [0.717, 1.165) is 17.1 Å². The van der Waals surface area contributed by atoms with Crippen LogP contribution < -0.4 is 4.90 Å². The number of rotatable bonds is 8. The Morgan fingerprint density at radius 3 is 2.44 bits per heavy atom. The Bertz CT molecular complexity index is 940. The number of aromatic nitrogens is 2. The average Bonchev–Trinajstić information content (AvgIpc) is 2.79. The zero-order valence-electron chi connectivity index (χ0n) is 18.7. The molecule has 8 heteroatoms. The van der Waals surface area contributed by atoms with Gasteiger partial charge in [0.05, 0.1) is 10.7 Å². The van der Waals surface area contributed by atoms with E-state index in [0.29, 0.717) is 44.2 Å². The lowest BCUT2D eigenvalue weighted by molar-refractivity contribution is -0.140. The summed E-state index contributed by atoms with van der Waals surface area (Å²) in [6, 6.07) is 11.4. The van der Waals surface area contributed by atoms with E-state index >= 15 is 0 Å². The molecule has 170 valence electrons. The molecule has 1 aromatic carbocycles. The second kappa shape index (κ2) is 11.1. The third-order valence-corrected chi connectivity index (χ3v) is 5.70. The van der Waals surface area contributed by atoms with E-state index in [4.69, 9.17) is 11.6 Å². The van der Waals surface area contributed by atoms with Crippen molar-refractivity contribution in [2.24, 2.45) is 5.92 Å². The molecule has 1 saturated heterocycles. The number of halogens is 1. The number of anilines is 1. The van der Waals surface area contributed by atoms with E-state index in [1.807, 2.05) is 50.2 Å². The summed E-state index contributed by atoms with van der Waals surface area (Å²) in [6.07, 6.45) is 2.09. The van der Waals surface area contributed by atoms with Crippen molar-refractivity contribution < 1.29 is 9.59 Å². The van der Waals surface area contributed by atoms with E-state index < -0.39 is 0 Å². The van der Waals surface area contributed by atoms with Crippen LogP contribution in [0.4, 0.5) is 5.82 Å². The van der Waals surface area contributed by atoms with Crippen LogP contribution in [-0.2, 0) is 9.59 Å². The Labute approximate surface area is 194 Å². The third kappa shape index (κ3) is 6.07. The van der Waals surface area contributed by atoms with Gasteiger partial charge in [0.2, 0.25) is 11.8 Å². The molecule has 0 N–H and O–H groups in total. The van der Waals surface area contributed by atoms with Crippen molar-refractivity contribution in [1.29, 1.82) is 0 Å². The van der Waals surface area contributed by atoms with Gasteiger partial charge in [-0.25, -0.2) is 0 Å². The molecule has 0 unspecified atom stereocenters. The van der Waals surface area contributed by atoms with Gasteiger partial charge >= 0.3 is 0 Å². The van der Waals surface area contributed by atoms with Gasteiger partial charge in [0.1, 0.15) is 6.54 Å². The fraction of sp³-hybridized carbons (Fsp3) is 0.417. The van der Waals surface area contributed by atoms with Gasteiger partial charge in [-0.15, -0.1) is 16.8 Å². The number of carbonyl (C=O) groups is 2. The molecule has 1 aromatic heterocycles. The van der Waals surface area contributed by atoms with Gasteiger partial charge in [0.25, 0.3) is 0 Å². The Kier molecular flexibility index (Phi) is 8.22. The Hall–Kier alpha value is -2.93. The minimum absolute atomic E-state index is 0.0132. The minimum Gasteiger partial charge on any atom is -0.352 e. The zero-order valence-corrected chi connectivity index (χ0v) is 19.5. The maximum atomic E-state index is 12.8. The van der Waals surface area contributed by atoms with Gasteiger partial charge in [0, 0.05) is 44.7 Å². The number of amides is 2. The third-order valence-electron chi connectivity index (χ3n) is 5.37. The van der Waals surface area contributed by atoms with Gasteiger partial charge in [-0.05, 0) is 24.1 Å². The standard InChI is InChI=1S/C24H30ClN5O2/c1-4-11-30(23(31)16-18(2)3)17-24(32)29-14-12-28(13-15-29)22-10-9-21(26-27-22)19-7-5-6-8-20(19)25/h4-10,18H,1,11-17H2,2-3H3. The zero-order chi connectivity index (χ0) is 23.1. The lowest BCUT2D eigenvalue weighted by Gasteiger charge is -2.36. The summed E-state index contributed by atoms with van der Waals surface area (Å²) in [7, 11) is 0. The number of hydrogen-bond acceptors (Lipinski definition) is 5. The van der Waals surface area contributed by atoms with Crippen LogP contribution in [0.5, 0.6) is 0 Å². The predicted octanol–water partition coefficient (Wildman–Crippen LogP) is 3.51. The molecule has 0 spiro atoms. The van der Waals surface area contributed by atoms with Gasteiger partial charge in [-0.2, -0.15) is 0 Å². The molecule has 1 aliphatic rings. The van der Waals surface area contributed by atoms with Crippen molar-refractivity contribution in [3.8, 4) is 11.3 Å². The van der Waals surface area contributed by atoms with Crippen molar-refractivity contribution >= 4 is 29.2 Å². The van der Waals surface area contributed by atoms with Crippen molar-refractivity contribution in [3.05, 3.63) is 54.1 Å². The number of carbonyl (C=O) groups excluding carboxylic acids is 2. The van der Waals surface area contributed by atoms with E-state index in [-0.39, 0.29) is 24.3 Å². The molecule has 7 nitrogen and oxygen atoms in total. The van der Waals surface area contributed by atoms with Gasteiger partial charge < -0.3 is 14.7 Å². The first-order valence-corrected chi connectivity index (χ1v) is 11.3. The molecule has 32 heavy (non-hydrogen) atoms. The van der Waals surface area contributed by atoms with Crippen LogP contribution in [0.2, 0.25) is 5.02 Å². The van der Waals surface area contributed by atoms with E-state index in [9.17, 15) is 9.59 Å². The fourth-order valence-corrected chi connectivity index (χ4v) is 3.88. The molecular weight excluding hydrogens is 426 g/mol. The summed E-state index contributed by atoms with van der Waals surface area (Å²) in [5.41, 5.74) is 1.57. The first-order chi connectivity index (χ1) is 15.4. The van der Waals surface area contributed by atoms with Crippen molar-refractivity contribution in [3.63, 3.8) is 0 Å². The van der Waals surface area contributed by atoms with E-state index in [1.165, 1.54) is 0 Å². The first-order valence-electron chi connectivity index (χ1n) is 10.9. The van der Waals surface area contributed by atoms with Crippen LogP contribution in [0.25, 0.3) is 11.3 Å². The number of nitrogens with zero attached hydrogens (tertiary/aromatic N) is 5. The molecule has 0 saturated carbocycles. The molecular formula is C24H30ClN5O2. The summed E-state index contributed by atoms with van der Waals surface area (Å²) < 4.78 is 0. The van der Waals surface area contributed by atoms with Gasteiger partial charge in [-0.3, -0.25) is 9.59 Å². The summed E-state index contributed by atoms with van der Waals surface area (Å²) in [6.45, 7) is 10.6. The van der Waals surface area contributed by atoms with Crippen LogP contribution in [0.3, 0.4) is 0 Å². The molecule has 0 aliphatic carbocycles. The maximum absolute atomic E-state index is 12.8. The SMILES string of the molecule is C=CCN(CC(=O)N1CCN(c2ccc(-c3ccccc3Cl)nn2)CC1)C(=O)CC(C)C. The maximum Gasteiger partial charge on any atom is 0.242 e. The second-order valence-corrected chi connectivity index (χ2v) is 8.69. The Morgan fingerprint density at radius 2 is 1.84 bits per heavy atom. The molecule has 1 aliphatic heterocycles. The topological polar surface area (TPSA) is 69.6 Å². The number of benzene rings is 1. The van der Waals surface area contributed by atoms with Crippen LogP contribution in [0.15, 0.2) is 49.1 Å². The summed E-state index contributed by atoms with van der Waals surface area (Å²) in [5.74, 6) is 0.969. The van der Waals surface area contributed by atoms with E-state index in [1.54, 1.807) is 15.9 Å². The van der Waals surface area contributed by atoms with Crippen LogP contribution >= 0.6 is 11.6 Å². The highest BCUT2D eigenvalue weighted by Gasteiger charge is 2.25. The Balaban J connectivity index is 1.56. The molecule has 2 amide bonds. The molecule has 3 rings (SSSR count). The highest BCUT2D eigenvalue weighted by Crippen LogP contribution is 2.26. The molecule has 0 radical (unpaired) electrons. The summed E-state index contributed by atoms with van der Waals surface area (Å²) >= 11 is 6.25. The fourth-order valence-electron chi connectivity index (χ4n) is 3.64. The van der Waals surface area contributed by atoms with Crippen LogP contribution in [-0.4, -0.2) is 71.1 Å². The molecule has 0 bridgehead atoms. The van der Waals surface area contributed by atoms with Crippen molar-refractivity contribution in [1.82, 2.24) is 20.0 Å². The largest absolute Gasteiger partial charge is 0.352 e. The summed E-state index contributed by atoms with van der Waals surface area (Å²) in [5, 5.41) is 9.33. The van der Waals surface area contributed by atoms with Crippen molar-refractivity contribution in [2.45, 2.75) is 20.3 Å². The lowest BCUT2D eigenvalue weighted by atomic mass is 10.1. The number of piperazine rings is 1. The molecule has 0 atom stereocenters. The average molecular weight is 456 g/mol. The highest BCUT2D eigenvalue weighted by atomic mass is 35.5. The summed E-state index contributed by atoms with van der Waals surface area (Å²) in [4.78, 5) is 30.7. The predicted molar refractivity (Wildman–Crippen MR) is 128 cm³/mol. The molecule has 2 aromatic rings. The van der Waals surface area contributed by atoms with Crippen LogP contribution in [0, 0.1) is 5.92 Å². The molecule has 2 heterocycles. The second-order valence-electron chi connectivity index (χ2n) is 8.29. The lowest BCUT2D eigenvalue weighted by Crippen LogP contribution is -2.52. The molecule has 1 fully saturated rings. The van der Waals surface area contributed by atoms with Gasteiger partial charge in [-0.1, -0.05) is 49.7 Å². The van der Waals surface area contributed by atoms with Crippen LogP contribution in [0.1, 0.15) is 20.3 Å². The smallest absolute Gasteiger partial charge is 0.242 e. The normalized spacial score (nSPS) is 13.9. The monoisotopic (exact) mass is 455 g/mol.